The van der Waals surface area contributed by atoms with Gasteiger partial charge < -0.3 is 10.0 Å². The average molecular weight is 305 g/mol. The van der Waals surface area contributed by atoms with E-state index in [1.807, 2.05) is 0 Å². The van der Waals surface area contributed by atoms with Crippen LogP contribution in [0.15, 0.2) is 29.2 Å². The fourth-order valence-corrected chi connectivity index (χ4v) is 4.37. The molecule has 0 aliphatic rings. The van der Waals surface area contributed by atoms with E-state index in [0.717, 1.165) is 6.07 Å². The van der Waals surface area contributed by atoms with E-state index < -0.39 is 14.8 Å². The van der Waals surface area contributed by atoms with E-state index in [2.05, 4.69) is 0 Å². The van der Waals surface area contributed by atoms with Crippen LogP contribution in [0.1, 0.15) is 10.4 Å². The van der Waals surface area contributed by atoms with E-state index in [0.29, 0.717) is 10.8 Å². The van der Waals surface area contributed by atoms with Gasteiger partial charge >= 0.3 is 5.97 Å². The van der Waals surface area contributed by atoms with Crippen molar-refractivity contribution in [1.29, 1.82) is 0 Å². The molecule has 0 saturated heterocycles. The summed E-state index contributed by atoms with van der Waals surface area (Å²) in [5.74, 6) is -1.17. The van der Waals surface area contributed by atoms with Crippen molar-refractivity contribution in [2.75, 3.05) is 14.1 Å². The topological polar surface area (TPSA) is 74.7 Å². The zero-order chi connectivity index (χ0) is 13.9. The molecular weight excluding hydrogens is 294 g/mol. The maximum Gasteiger partial charge on any atom is 0.335 e. The third-order valence-electron chi connectivity index (χ3n) is 1.92. The molecule has 1 N–H and O–H groups in total. The molecule has 0 saturated carbocycles. The molecule has 0 atom stereocenters. The van der Waals surface area contributed by atoms with Crippen LogP contribution in [-0.2, 0) is 8.87 Å². The molecule has 1 aromatic rings. The lowest BCUT2D eigenvalue weighted by Crippen LogP contribution is -2.18. The van der Waals surface area contributed by atoms with E-state index in [-0.39, 0.29) is 14.8 Å². The van der Waals surface area contributed by atoms with Crippen LogP contribution in [0.3, 0.4) is 0 Å². The van der Waals surface area contributed by atoms with Gasteiger partial charge in [0.15, 0.2) is 4.32 Å². The predicted molar refractivity (Wildman–Crippen MR) is 74.5 cm³/mol. The lowest BCUT2D eigenvalue weighted by Gasteiger charge is -2.12. The Morgan fingerprint density at radius 1 is 1.39 bits per heavy atom. The van der Waals surface area contributed by atoms with Gasteiger partial charge in [-0.1, -0.05) is 18.3 Å². The second kappa shape index (κ2) is 5.68. The molecule has 0 amide bonds. The second-order valence-corrected chi connectivity index (χ2v) is 7.93. The van der Waals surface area contributed by atoms with Crippen molar-refractivity contribution in [2.24, 2.45) is 0 Å². The highest BCUT2D eigenvalue weighted by Crippen LogP contribution is 2.26. The first-order chi connectivity index (χ1) is 8.24. The third kappa shape index (κ3) is 3.69. The summed E-state index contributed by atoms with van der Waals surface area (Å²) < 4.78 is 24.1. The Bertz CT molecular complexity index is 581. The lowest BCUT2D eigenvalue weighted by molar-refractivity contribution is 0.0696. The minimum Gasteiger partial charge on any atom is -0.478 e. The average Bonchev–Trinajstić information content (AvgIpc) is 2.28. The van der Waals surface area contributed by atoms with E-state index >= 15 is 0 Å². The second-order valence-electron chi connectivity index (χ2n) is 3.53. The molecule has 98 valence electrons. The van der Waals surface area contributed by atoms with Gasteiger partial charge in [0.2, 0.25) is 8.87 Å². The minimum atomic E-state index is -3.69. The quantitative estimate of drug-likeness (QED) is 0.672. The van der Waals surface area contributed by atoms with Crippen molar-refractivity contribution in [1.82, 2.24) is 4.90 Å². The normalized spacial score (nSPS) is 11.0. The van der Waals surface area contributed by atoms with Crippen LogP contribution >= 0.6 is 23.0 Å². The summed E-state index contributed by atoms with van der Waals surface area (Å²) in [5.41, 5.74) is -0.0764. The van der Waals surface area contributed by atoms with Crippen LogP contribution < -0.4 is 0 Å². The number of carboxylic acid groups (broad SMARTS) is 1. The van der Waals surface area contributed by atoms with Gasteiger partial charge in [0.05, 0.1) is 10.5 Å². The zero-order valence-electron chi connectivity index (χ0n) is 9.65. The molecule has 0 unspecified atom stereocenters. The molecule has 0 fully saturated rings. The molecule has 0 spiro atoms. The molecule has 1 rings (SSSR count). The number of carbonyl (C=O) groups is 1. The Morgan fingerprint density at radius 2 is 2.00 bits per heavy atom. The number of hydrogen-bond donors (Lipinski definition) is 1. The van der Waals surface area contributed by atoms with Crippen LogP contribution in [0.4, 0.5) is 0 Å². The lowest BCUT2D eigenvalue weighted by atomic mass is 10.2. The first-order valence-electron chi connectivity index (χ1n) is 4.73. The van der Waals surface area contributed by atoms with Gasteiger partial charge in [-0.25, -0.2) is 13.2 Å². The standard InChI is InChI=1S/C10H11NO4S3/c1-11(2)10(16)17-18(14,15)8-5-3-4-7(6-8)9(12)13/h3-6H,1-2H3,(H,12,13). The van der Waals surface area contributed by atoms with E-state index in [1.54, 1.807) is 14.1 Å². The molecule has 18 heavy (non-hydrogen) atoms. The molecule has 0 aliphatic carbocycles. The summed E-state index contributed by atoms with van der Waals surface area (Å²) in [6.07, 6.45) is 0. The number of carboxylic acids is 1. The van der Waals surface area contributed by atoms with Crippen LogP contribution in [0.2, 0.25) is 0 Å². The van der Waals surface area contributed by atoms with Gasteiger partial charge in [-0.3, -0.25) is 0 Å². The van der Waals surface area contributed by atoms with Gasteiger partial charge in [0, 0.05) is 24.9 Å². The molecule has 5 nitrogen and oxygen atoms in total. The number of hydrogen-bond acceptors (Lipinski definition) is 5. The van der Waals surface area contributed by atoms with Crippen molar-refractivity contribution >= 4 is 42.2 Å². The Labute approximate surface area is 114 Å². The maximum atomic E-state index is 12.0. The van der Waals surface area contributed by atoms with Crippen molar-refractivity contribution in [3.8, 4) is 0 Å². The molecule has 0 aromatic heterocycles. The summed E-state index contributed by atoms with van der Waals surface area (Å²) in [4.78, 5) is 12.2. The predicted octanol–water partition coefficient (Wildman–Crippen LogP) is 1.65. The third-order valence-corrected chi connectivity index (χ3v) is 6.12. The first-order valence-corrected chi connectivity index (χ1v) is 7.95. The van der Waals surface area contributed by atoms with Crippen molar-refractivity contribution in [3.05, 3.63) is 29.8 Å². The summed E-state index contributed by atoms with van der Waals surface area (Å²) >= 11 is 4.90. The molecule has 1 aromatic carbocycles. The highest BCUT2D eigenvalue weighted by molar-refractivity contribution is 8.79. The van der Waals surface area contributed by atoms with Crippen LogP contribution in [0.5, 0.6) is 0 Å². The molecule has 0 heterocycles. The zero-order valence-corrected chi connectivity index (χ0v) is 12.1. The minimum absolute atomic E-state index is 0.0726. The fraction of sp³-hybridized carbons (Fsp3) is 0.200. The van der Waals surface area contributed by atoms with Crippen LogP contribution in [0.25, 0.3) is 0 Å². The fourth-order valence-electron chi connectivity index (χ4n) is 1.00. The summed E-state index contributed by atoms with van der Waals surface area (Å²) in [6.45, 7) is 0. The Kier molecular flexibility index (Phi) is 4.71. The Balaban J connectivity index is 3.09. The highest BCUT2D eigenvalue weighted by Gasteiger charge is 2.20. The summed E-state index contributed by atoms with van der Waals surface area (Å²) in [5, 5.41) is 8.81. The SMILES string of the molecule is CN(C)C(=S)SS(=O)(=O)c1cccc(C(=O)O)c1. The van der Waals surface area contributed by atoms with Crippen molar-refractivity contribution in [3.63, 3.8) is 0 Å². The monoisotopic (exact) mass is 305 g/mol. The van der Waals surface area contributed by atoms with E-state index in [4.69, 9.17) is 17.3 Å². The van der Waals surface area contributed by atoms with Crippen molar-refractivity contribution < 1.29 is 18.3 Å². The van der Waals surface area contributed by atoms with Gasteiger partial charge in [-0.2, -0.15) is 0 Å². The van der Waals surface area contributed by atoms with E-state index in [1.165, 1.54) is 23.1 Å². The van der Waals surface area contributed by atoms with Gasteiger partial charge in [0.25, 0.3) is 0 Å². The number of benzene rings is 1. The maximum absolute atomic E-state index is 12.0. The number of nitrogens with zero attached hydrogens (tertiary/aromatic N) is 1. The van der Waals surface area contributed by atoms with Crippen molar-refractivity contribution in [2.45, 2.75) is 4.90 Å². The number of thiocarbonyl (C=S) groups is 1. The number of aromatic carboxylic acids is 1. The summed E-state index contributed by atoms with van der Waals surface area (Å²) in [7, 11) is 0.105. The largest absolute Gasteiger partial charge is 0.478 e. The van der Waals surface area contributed by atoms with Gasteiger partial charge in [0.1, 0.15) is 0 Å². The molecular formula is C10H11NO4S3. The van der Waals surface area contributed by atoms with Gasteiger partial charge in [-0.15, -0.1) is 0 Å². The molecule has 0 radical (unpaired) electrons. The Hall–Kier alpha value is -1.12. The van der Waals surface area contributed by atoms with Gasteiger partial charge in [-0.05, 0) is 18.2 Å². The highest BCUT2D eigenvalue weighted by atomic mass is 33.1. The molecule has 8 heteroatoms. The molecule has 0 bridgehead atoms. The Morgan fingerprint density at radius 3 is 2.50 bits per heavy atom. The number of rotatable bonds is 3. The first kappa shape index (κ1) is 14.9. The summed E-state index contributed by atoms with van der Waals surface area (Å²) in [6, 6.07) is 5.17. The van der Waals surface area contributed by atoms with Crippen LogP contribution in [-0.4, -0.2) is 42.8 Å². The van der Waals surface area contributed by atoms with E-state index in [9.17, 15) is 13.2 Å². The smallest absolute Gasteiger partial charge is 0.335 e. The van der Waals surface area contributed by atoms with Crippen LogP contribution in [0, 0.1) is 0 Å². The molecule has 0 aliphatic heterocycles.